The lowest BCUT2D eigenvalue weighted by molar-refractivity contribution is -0.129. The van der Waals surface area contributed by atoms with Gasteiger partial charge in [0.1, 0.15) is 12.3 Å². The first kappa shape index (κ1) is 43.7. The number of oxazole rings is 1. The van der Waals surface area contributed by atoms with Crippen LogP contribution in [0.1, 0.15) is 200 Å². The van der Waals surface area contributed by atoms with E-state index in [1.807, 2.05) is 0 Å². The standard InChI is InChI=1S/C41H76N4O3/c1-3-5-7-9-11-13-15-17-19-20-22-24-26-28-30-32-39(46)45-38(33-35-43-41-44-36-37-48-41)40(47)42-34-31-29-27-25-23-21-18-16-14-12-10-8-6-4-2/h17,19,36-38H,3-16,18,20-35H2,1-2H3,(H,42,47)(H,43,44)(H,45,46)/b19-17-/t38-/m0/s1. The Morgan fingerprint density at radius 2 is 1.12 bits per heavy atom. The van der Waals surface area contributed by atoms with Crippen LogP contribution in [0.4, 0.5) is 6.01 Å². The number of aromatic nitrogens is 1. The van der Waals surface area contributed by atoms with E-state index >= 15 is 0 Å². The molecule has 7 heteroatoms. The maximum atomic E-state index is 13.0. The molecule has 0 spiro atoms. The van der Waals surface area contributed by atoms with Crippen LogP contribution in [0.15, 0.2) is 29.0 Å². The van der Waals surface area contributed by atoms with E-state index in [1.54, 1.807) is 6.20 Å². The first-order chi connectivity index (χ1) is 23.7. The Labute approximate surface area is 296 Å². The molecular formula is C41H76N4O3. The summed E-state index contributed by atoms with van der Waals surface area (Å²) >= 11 is 0. The highest BCUT2D eigenvalue weighted by atomic mass is 16.4. The zero-order valence-corrected chi connectivity index (χ0v) is 31.5. The van der Waals surface area contributed by atoms with Crippen molar-refractivity contribution in [1.82, 2.24) is 15.6 Å². The van der Waals surface area contributed by atoms with E-state index < -0.39 is 6.04 Å². The molecule has 1 atom stereocenters. The van der Waals surface area contributed by atoms with Crippen LogP contribution in [-0.4, -0.2) is 35.9 Å². The number of allylic oxidation sites excluding steroid dienone is 2. The van der Waals surface area contributed by atoms with Gasteiger partial charge in [0.05, 0.1) is 6.20 Å². The van der Waals surface area contributed by atoms with Crippen molar-refractivity contribution in [2.75, 3.05) is 18.4 Å². The monoisotopic (exact) mass is 673 g/mol. The molecule has 0 bridgehead atoms. The Bertz CT molecular complexity index is 858. The predicted octanol–water partition coefficient (Wildman–Crippen LogP) is 11.6. The van der Waals surface area contributed by atoms with Crippen LogP contribution in [0, 0.1) is 0 Å². The Balaban J connectivity index is 2.14. The summed E-state index contributed by atoms with van der Waals surface area (Å²) in [5.41, 5.74) is 0. The predicted molar refractivity (Wildman–Crippen MR) is 204 cm³/mol. The maximum absolute atomic E-state index is 13.0. The summed E-state index contributed by atoms with van der Waals surface area (Å²) in [6.45, 7) is 5.69. The summed E-state index contributed by atoms with van der Waals surface area (Å²) in [5, 5.41) is 9.16. The summed E-state index contributed by atoms with van der Waals surface area (Å²) in [6.07, 6.45) is 43.2. The fourth-order valence-electron chi connectivity index (χ4n) is 6.18. The molecule has 0 radical (unpaired) electrons. The SMILES string of the molecule is CCCCCCCC/C=C\CCCCCCCC(=O)N[C@@H](CCNc1ncco1)C(=O)NCCCCCCCCCCCCCCCC. The first-order valence-corrected chi connectivity index (χ1v) is 20.5. The summed E-state index contributed by atoms with van der Waals surface area (Å²) in [4.78, 5) is 29.8. The van der Waals surface area contributed by atoms with E-state index in [-0.39, 0.29) is 11.8 Å². The van der Waals surface area contributed by atoms with Gasteiger partial charge in [-0.1, -0.05) is 161 Å². The molecule has 48 heavy (non-hydrogen) atoms. The molecular weight excluding hydrogens is 596 g/mol. The zero-order chi connectivity index (χ0) is 34.6. The Hall–Kier alpha value is -2.31. The summed E-state index contributed by atoms with van der Waals surface area (Å²) < 4.78 is 5.24. The second-order valence-electron chi connectivity index (χ2n) is 13.9. The van der Waals surface area contributed by atoms with Gasteiger partial charge < -0.3 is 20.4 Å². The molecule has 0 saturated carbocycles. The van der Waals surface area contributed by atoms with Crippen molar-refractivity contribution in [3.63, 3.8) is 0 Å². The van der Waals surface area contributed by atoms with E-state index in [2.05, 4.69) is 46.9 Å². The van der Waals surface area contributed by atoms with Gasteiger partial charge in [-0.05, 0) is 44.9 Å². The number of rotatable bonds is 36. The molecule has 3 N–H and O–H groups in total. The minimum absolute atomic E-state index is 0.0413. The van der Waals surface area contributed by atoms with E-state index in [0.717, 1.165) is 38.5 Å². The summed E-state index contributed by atoms with van der Waals surface area (Å²) in [5.74, 6) is -0.141. The molecule has 2 amide bonds. The minimum Gasteiger partial charge on any atom is -0.432 e. The van der Waals surface area contributed by atoms with Crippen LogP contribution < -0.4 is 16.0 Å². The summed E-state index contributed by atoms with van der Waals surface area (Å²) in [7, 11) is 0. The minimum atomic E-state index is -0.560. The first-order valence-electron chi connectivity index (χ1n) is 20.5. The van der Waals surface area contributed by atoms with Gasteiger partial charge >= 0.3 is 0 Å². The average Bonchev–Trinajstić information content (AvgIpc) is 3.61. The quantitative estimate of drug-likeness (QED) is 0.0487. The molecule has 0 aromatic carbocycles. The van der Waals surface area contributed by atoms with E-state index in [9.17, 15) is 9.59 Å². The second-order valence-corrected chi connectivity index (χ2v) is 13.9. The van der Waals surface area contributed by atoms with Gasteiger partial charge in [0.15, 0.2) is 0 Å². The molecule has 1 heterocycles. The van der Waals surface area contributed by atoms with E-state index in [1.165, 1.54) is 141 Å². The highest BCUT2D eigenvalue weighted by Gasteiger charge is 2.20. The number of hydrogen-bond acceptors (Lipinski definition) is 5. The van der Waals surface area contributed by atoms with Crippen molar-refractivity contribution in [1.29, 1.82) is 0 Å². The lowest BCUT2D eigenvalue weighted by Gasteiger charge is -2.19. The van der Waals surface area contributed by atoms with Crippen molar-refractivity contribution < 1.29 is 14.0 Å². The number of unbranched alkanes of at least 4 members (excludes halogenated alkanes) is 24. The largest absolute Gasteiger partial charge is 0.432 e. The van der Waals surface area contributed by atoms with Gasteiger partial charge in [0.25, 0.3) is 6.01 Å². The Kier molecular flexibility index (Phi) is 31.5. The smallest absolute Gasteiger partial charge is 0.294 e. The highest BCUT2D eigenvalue weighted by Crippen LogP contribution is 2.14. The molecule has 1 aromatic heterocycles. The van der Waals surface area contributed by atoms with Gasteiger partial charge in [0, 0.05) is 19.5 Å². The second kappa shape index (κ2) is 34.5. The van der Waals surface area contributed by atoms with Gasteiger partial charge in [-0.3, -0.25) is 9.59 Å². The molecule has 0 fully saturated rings. The maximum Gasteiger partial charge on any atom is 0.294 e. The highest BCUT2D eigenvalue weighted by molar-refractivity contribution is 5.87. The summed E-state index contributed by atoms with van der Waals surface area (Å²) in [6, 6.07) is -0.133. The average molecular weight is 673 g/mol. The molecule has 0 aliphatic heterocycles. The number of carbonyl (C=O) groups is 2. The van der Waals surface area contributed by atoms with Crippen LogP contribution >= 0.6 is 0 Å². The number of anilines is 1. The molecule has 7 nitrogen and oxygen atoms in total. The third-order valence-corrected chi connectivity index (χ3v) is 9.29. The third kappa shape index (κ3) is 28.7. The van der Waals surface area contributed by atoms with Crippen LogP contribution in [0.5, 0.6) is 0 Å². The number of hydrogen-bond donors (Lipinski definition) is 3. The number of nitrogens with one attached hydrogen (secondary N) is 3. The van der Waals surface area contributed by atoms with Gasteiger partial charge in [-0.25, -0.2) is 4.98 Å². The number of amides is 2. The van der Waals surface area contributed by atoms with Gasteiger partial charge in [-0.15, -0.1) is 0 Å². The lowest BCUT2D eigenvalue weighted by atomic mass is 10.0. The van der Waals surface area contributed by atoms with Crippen molar-refractivity contribution >= 4 is 17.8 Å². The van der Waals surface area contributed by atoms with Gasteiger partial charge in [0.2, 0.25) is 11.8 Å². The van der Waals surface area contributed by atoms with Crippen molar-refractivity contribution in [3.05, 3.63) is 24.6 Å². The molecule has 0 aliphatic rings. The Morgan fingerprint density at radius 1 is 0.646 bits per heavy atom. The lowest BCUT2D eigenvalue weighted by Crippen LogP contribution is -2.47. The van der Waals surface area contributed by atoms with Gasteiger partial charge in [-0.2, -0.15) is 0 Å². The van der Waals surface area contributed by atoms with Crippen molar-refractivity contribution in [3.8, 4) is 0 Å². The van der Waals surface area contributed by atoms with Crippen LogP contribution in [0.3, 0.4) is 0 Å². The third-order valence-electron chi connectivity index (χ3n) is 9.29. The molecule has 1 rings (SSSR count). The number of nitrogens with zero attached hydrogens (tertiary/aromatic N) is 1. The molecule has 1 aromatic rings. The molecule has 0 unspecified atom stereocenters. The van der Waals surface area contributed by atoms with Crippen molar-refractivity contribution in [2.24, 2.45) is 0 Å². The van der Waals surface area contributed by atoms with Crippen LogP contribution in [-0.2, 0) is 9.59 Å². The van der Waals surface area contributed by atoms with E-state index in [0.29, 0.717) is 31.9 Å². The van der Waals surface area contributed by atoms with Crippen molar-refractivity contribution in [2.45, 2.75) is 206 Å². The zero-order valence-electron chi connectivity index (χ0n) is 31.5. The molecule has 0 saturated heterocycles. The molecule has 278 valence electrons. The number of carbonyl (C=O) groups excluding carboxylic acids is 2. The van der Waals surface area contributed by atoms with Crippen LogP contribution in [0.2, 0.25) is 0 Å². The fourth-order valence-corrected chi connectivity index (χ4v) is 6.18. The van der Waals surface area contributed by atoms with Crippen LogP contribution in [0.25, 0.3) is 0 Å². The van der Waals surface area contributed by atoms with E-state index in [4.69, 9.17) is 4.42 Å². The molecule has 0 aliphatic carbocycles. The normalized spacial score (nSPS) is 12.0. The topological polar surface area (TPSA) is 96.3 Å². The fraction of sp³-hybridized carbons (Fsp3) is 0.829. The Morgan fingerprint density at radius 3 is 1.62 bits per heavy atom.